The van der Waals surface area contributed by atoms with E-state index in [2.05, 4.69) is 38.6 Å². The molecule has 3 saturated heterocycles. The molecule has 3 aliphatic heterocycles. The average Bonchev–Trinajstić information content (AvgIpc) is 3.64. The van der Waals surface area contributed by atoms with Gasteiger partial charge in [-0.2, -0.15) is 15.1 Å². The summed E-state index contributed by atoms with van der Waals surface area (Å²) in [5.41, 5.74) is 0.327. The van der Waals surface area contributed by atoms with E-state index < -0.39 is 11.6 Å². The Morgan fingerprint density at radius 1 is 1.21 bits per heavy atom. The van der Waals surface area contributed by atoms with Crippen molar-refractivity contribution in [2.45, 2.75) is 31.7 Å². The minimum Gasteiger partial charge on any atom is -0.462 e. The van der Waals surface area contributed by atoms with Crippen LogP contribution < -0.4 is 9.64 Å². The number of piperidine rings is 1. The molecule has 224 valence electrons. The third-order valence-corrected chi connectivity index (χ3v) is 9.70. The molecular formula is C31H32ClF2N7O2. The van der Waals surface area contributed by atoms with Crippen molar-refractivity contribution in [1.82, 2.24) is 30.0 Å². The fourth-order valence-electron chi connectivity index (χ4n) is 6.84. The van der Waals surface area contributed by atoms with E-state index in [1.54, 1.807) is 18.3 Å². The van der Waals surface area contributed by atoms with Crippen molar-refractivity contribution in [2.75, 3.05) is 51.3 Å². The van der Waals surface area contributed by atoms with Gasteiger partial charge >= 0.3 is 6.01 Å². The van der Waals surface area contributed by atoms with E-state index in [0.29, 0.717) is 54.9 Å². The van der Waals surface area contributed by atoms with E-state index in [1.807, 2.05) is 4.90 Å². The number of fused-ring (bicyclic) bond motifs is 2. The van der Waals surface area contributed by atoms with Gasteiger partial charge in [-0.05, 0) is 63.6 Å². The van der Waals surface area contributed by atoms with E-state index in [-0.39, 0.29) is 45.0 Å². The zero-order chi connectivity index (χ0) is 29.9. The summed E-state index contributed by atoms with van der Waals surface area (Å²) in [6.45, 7) is 7.69. The van der Waals surface area contributed by atoms with Crippen LogP contribution in [-0.4, -0.2) is 88.3 Å². The smallest absolute Gasteiger partial charge is 0.319 e. The molecule has 4 aromatic rings. The second kappa shape index (κ2) is 10.7. The number of aromatic amines is 1. The molecule has 2 aromatic carbocycles. The van der Waals surface area contributed by atoms with Crippen LogP contribution in [0.3, 0.4) is 0 Å². The largest absolute Gasteiger partial charge is 0.462 e. The van der Waals surface area contributed by atoms with Crippen molar-refractivity contribution < 1.29 is 18.3 Å². The predicted molar refractivity (Wildman–Crippen MR) is 161 cm³/mol. The van der Waals surface area contributed by atoms with Gasteiger partial charge in [-0.15, -0.1) is 0 Å². The number of hydrogen-bond acceptors (Lipinski definition) is 7. The molecule has 0 unspecified atom stereocenters. The Labute approximate surface area is 252 Å². The van der Waals surface area contributed by atoms with Crippen LogP contribution in [0.25, 0.3) is 32.9 Å². The fraction of sp³-hybridized carbons (Fsp3) is 0.419. The molecule has 0 saturated carbocycles. The van der Waals surface area contributed by atoms with Crippen molar-refractivity contribution in [1.29, 1.82) is 0 Å². The zero-order valence-electron chi connectivity index (χ0n) is 23.9. The van der Waals surface area contributed by atoms with Gasteiger partial charge in [0.15, 0.2) is 5.82 Å². The predicted octanol–water partition coefficient (Wildman–Crippen LogP) is 5.19. The van der Waals surface area contributed by atoms with E-state index >= 15 is 8.78 Å². The highest BCUT2D eigenvalue weighted by Crippen LogP contribution is 2.45. The maximum atomic E-state index is 16.6. The van der Waals surface area contributed by atoms with E-state index in [0.717, 1.165) is 32.2 Å². The summed E-state index contributed by atoms with van der Waals surface area (Å²) in [6.07, 6.45) is 6.69. The maximum Gasteiger partial charge on any atom is 0.319 e. The van der Waals surface area contributed by atoms with Crippen LogP contribution >= 0.6 is 11.6 Å². The number of aromatic nitrogens is 4. The second-order valence-electron chi connectivity index (χ2n) is 12.0. The molecule has 43 heavy (non-hydrogen) atoms. The first-order chi connectivity index (χ1) is 20.8. The molecule has 12 heteroatoms. The minimum absolute atomic E-state index is 0.00173. The van der Waals surface area contributed by atoms with Gasteiger partial charge in [0.05, 0.1) is 16.7 Å². The van der Waals surface area contributed by atoms with Crippen molar-refractivity contribution in [3.05, 3.63) is 53.7 Å². The molecule has 0 bridgehead atoms. The number of nitrogens with zero attached hydrogens (tertiary/aromatic N) is 6. The molecule has 3 aliphatic rings. The quantitative estimate of drug-likeness (QED) is 0.302. The molecule has 1 atom stereocenters. The molecule has 0 radical (unpaired) electrons. The number of anilines is 1. The Balaban J connectivity index is 1.28. The van der Waals surface area contributed by atoms with Gasteiger partial charge in [0.1, 0.15) is 23.8 Å². The Bertz CT molecular complexity index is 1750. The minimum atomic E-state index is -0.749. The van der Waals surface area contributed by atoms with Crippen molar-refractivity contribution in [3.8, 4) is 17.1 Å². The topological polar surface area (TPSA) is 90.5 Å². The lowest BCUT2D eigenvalue weighted by Gasteiger charge is -2.54. The number of hydrogen-bond donors (Lipinski definition) is 1. The lowest BCUT2D eigenvalue weighted by atomic mass is 9.72. The number of likely N-dealkylation sites (N-methyl/N-ethyl adjacent to an activating group) is 1. The van der Waals surface area contributed by atoms with Gasteiger partial charge in [-0.3, -0.25) is 9.89 Å². The van der Waals surface area contributed by atoms with Crippen molar-refractivity contribution in [3.63, 3.8) is 0 Å². The highest BCUT2D eigenvalue weighted by molar-refractivity contribution is 6.35. The molecule has 9 nitrogen and oxygen atoms in total. The van der Waals surface area contributed by atoms with Crippen LogP contribution in [0.2, 0.25) is 5.02 Å². The molecule has 1 amide bonds. The molecular weight excluding hydrogens is 576 g/mol. The van der Waals surface area contributed by atoms with Gasteiger partial charge in [-0.1, -0.05) is 18.2 Å². The van der Waals surface area contributed by atoms with Crippen molar-refractivity contribution in [2.24, 2.45) is 5.41 Å². The Kier molecular flexibility index (Phi) is 6.97. The van der Waals surface area contributed by atoms with Gasteiger partial charge < -0.3 is 19.4 Å². The van der Waals surface area contributed by atoms with Gasteiger partial charge in [0.25, 0.3) is 0 Å². The molecule has 1 N–H and O–H groups in total. The van der Waals surface area contributed by atoms with Crippen LogP contribution in [-0.2, 0) is 4.79 Å². The van der Waals surface area contributed by atoms with Crippen molar-refractivity contribution >= 4 is 45.1 Å². The zero-order valence-corrected chi connectivity index (χ0v) is 24.6. The summed E-state index contributed by atoms with van der Waals surface area (Å²) in [5, 5.41) is 7.90. The highest BCUT2D eigenvalue weighted by Gasteiger charge is 2.46. The number of nitrogens with one attached hydrogen (secondary N) is 1. The van der Waals surface area contributed by atoms with E-state index in [9.17, 15) is 4.79 Å². The van der Waals surface area contributed by atoms with Crippen LogP contribution in [0.15, 0.2) is 37.1 Å². The number of benzene rings is 2. The summed E-state index contributed by atoms with van der Waals surface area (Å²) in [5.74, 6) is -0.896. The lowest BCUT2D eigenvalue weighted by molar-refractivity contribution is -0.139. The molecule has 3 fully saturated rings. The Morgan fingerprint density at radius 2 is 2.00 bits per heavy atom. The summed E-state index contributed by atoms with van der Waals surface area (Å²) in [7, 11) is 2.06. The van der Waals surface area contributed by atoms with E-state index in [1.165, 1.54) is 12.1 Å². The maximum absolute atomic E-state index is 16.6. The number of rotatable bonds is 6. The molecule has 5 heterocycles. The summed E-state index contributed by atoms with van der Waals surface area (Å²) < 4.78 is 38.0. The average molecular weight is 608 g/mol. The van der Waals surface area contributed by atoms with Gasteiger partial charge in [-0.25, -0.2) is 8.78 Å². The van der Waals surface area contributed by atoms with Crippen LogP contribution in [0.4, 0.5) is 14.6 Å². The summed E-state index contributed by atoms with van der Waals surface area (Å²) in [4.78, 5) is 27.5. The number of ether oxygens (including phenoxy) is 1. The summed E-state index contributed by atoms with van der Waals surface area (Å²) >= 11 is 6.74. The first-order valence-electron chi connectivity index (χ1n) is 14.6. The highest BCUT2D eigenvalue weighted by atomic mass is 35.5. The van der Waals surface area contributed by atoms with Crippen LogP contribution in [0, 0.1) is 17.0 Å². The normalized spacial score (nSPS) is 20.2. The lowest BCUT2D eigenvalue weighted by Crippen LogP contribution is -2.61. The SMILES string of the molecule is C=CC(=O)N1CC2(CCN(c3nc(OC[C@@H]4CCCN4C)nc4c(F)c(-c5c(F)ccc6cn[nH]c56)c(Cl)cc34)CC2)C1. The molecule has 1 spiro atoms. The number of likely N-dealkylation sites (tertiary alicyclic amines) is 2. The van der Waals surface area contributed by atoms with Crippen LogP contribution in [0.1, 0.15) is 25.7 Å². The number of halogens is 3. The standard InChI is InChI=1S/C31H32ClF2N7O2/c1-3-23(42)41-16-31(17-41)8-11-40(12-9-31)29-20-13-21(32)24(25-22(33)7-6-18-14-35-38-27(18)25)26(34)28(20)36-30(37-29)43-15-19-5-4-10-39(19)2/h3,6-7,13-14,19H,1,4-5,8-12,15-17H2,2H3,(H,35,38)/t19-/m0/s1. The summed E-state index contributed by atoms with van der Waals surface area (Å²) in [6, 6.07) is 4.76. The van der Waals surface area contributed by atoms with Crippen LogP contribution in [0.5, 0.6) is 6.01 Å². The first-order valence-corrected chi connectivity index (χ1v) is 15.0. The second-order valence-corrected chi connectivity index (χ2v) is 12.4. The Morgan fingerprint density at radius 3 is 2.72 bits per heavy atom. The Hall–Kier alpha value is -3.83. The van der Waals surface area contributed by atoms with E-state index in [4.69, 9.17) is 21.3 Å². The van der Waals surface area contributed by atoms with Gasteiger partial charge in [0, 0.05) is 59.5 Å². The molecule has 7 rings (SSSR count). The first kappa shape index (κ1) is 28.0. The fourth-order valence-corrected chi connectivity index (χ4v) is 7.13. The third-order valence-electron chi connectivity index (χ3n) is 9.40. The van der Waals surface area contributed by atoms with Gasteiger partial charge in [0.2, 0.25) is 5.91 Å². The third kappa shape index (κ3) is 4.78. The monoisotopic (exact) mass is 607 g/mol. The number of amides is 1. The molecule has 0 aliphatic carbocycles. The molecule has 2 aromatic heterocycles. The number of carbonyl (C=O) groups excluding carboxylic acids is 1. The number of carbonyl (C=O) groups is 1. The number of H-pyrrole nitrogens is 1.